The largest absolute Gasteiger partial charge is 0.434 e. The lowest BCUT2D eigenvalue weighted by Gasteiger charge is -2.05. The van der Waals surface area contributed by atoms with E-state index in [0.717, 1.165) is 0 Å². The van der Waals surface area contributed by atoms with Crippen LogP contribution >= 0.6 is 0 Å². The lowest BCUT2D eigenvalue weighted by Crippen LogP contribution is -2.22. The van der Waals surface area contributed by atoms with E-state index in [1.54, 1.807) is 0 Å². The van der Waals surface area contributed by atoms with Gasteiger partial charge in [-0.05, 0) is 4.92 Å². The summed E-state index contributed by atoms with van der Waals surface area (Å²) in [5.41, 5.74) is 0. The van der Waals surface area contributed by atoms with Crippen molar-refractivity contribution in [1.29, 1.82) is 0 Å². The van der Waals surface area contributed by atoms with Gasteiger partial charge in [0.2, 0.25) is 0 Å². The Morgan fingerprint density at radius 1 is 1.93 bits per heavy atom. The van der Waals surface area contributed by atoms with Crippen LogP contribution in [0.5, 0.6) is 0 Å². The van der Waals surface area contributed by atoms with Crippen molar-refractivity contribution in [2.75, 3.05) is 6.61 Å². The molecule has 0 amide bonds. The third-order valence-corrected chi connectivity index (χ3v) is 2.03. The number of aromatic nitrogens is 2. The summed E-state index contributed by atoms with van der Waals surface area (Å²) in [5, 5.41) is 19.9. The van der Waals surface area contributed by atoms with Crippen molar-refractivity contribution >= 4 is 5.95 Å². The van der Waals surface area contributed by atoms with Gasteiger partial charge in [0.25, 0.3) is 0 Å². The van der Waals surface area contributed by atoms with E-state index in [-0.39, 0.29) is 18.6 Å². The Kier molecular flexibility index (Phi) is 2.18. The maximum Gasteiger partial charge on any atom is 0.434 e. The zero-order chi connectivity index (χ0) is 10.1. The summed E-state index contributed by atoms with van der Waals surface area (Å²) in [6.45, 7) is 0.657. The van der Waals surface area contributed by atoms with Crippen LogP contribution in [0.15, 0.2) is 12.4 Å². The normalized spacial score (nSPS) is 21.9. The van der Waals surface area contributed by atoms with E-state index < -0.39 is 11.0 Å². The summed E-state index contributed by atoms with van der Waals surface area (Å²) >= 11 is 0. The molecule has 0 spiro atoms. The van der Waals surface area contributed by atoms with Crippen LogP contribution in [0, 0.1) is 10.1 Å². The number of ether oxygens (including phenoxy) is 1. The average molecular weight is 199 g/mol. The van der Waals surface area contributed by atoms with E-state index >= 15 is 0 Å². The topological polar surface area (TPSA) is 93.7 Å². The minimum atomic E-state index is -0.706. The summed E-state index contributed by atoms with van der Waals surface area (Å²) in [6, 6.07) is 0. The fourth-order valence-corrected chi connectivity index (χ4v) is 1.21. The van der Waals surface area contributed by atoms with Gasteiger partial charge in [-0.15, -0.1) is 0 Å². The van der Waals surface area contributed by atoms with Gasteiger partial charge in [-0.25, -0.2) is 4.57 Å². The second kappa shape index (κ2) is 3.35. The second-order valence-corrected chi connectivity index (χ2v) is 3.08. The van der Waals surface area contributed by atoms with Crippen molar-refractivity contribution in [2.45, 2.75) is 18.8 Å². The van der Waals surface area contributed by atoms with Crippen LogP contribution < -0.4 is 0 Å². The number of hydrogen-bond acceptors (Lipinski definition) is 5. The first-order valence-electron chi connectivity index (χ1n) is 4.13. The molecule has 1 aromatic heterocycles. The molecular formula is C7H9N3O4. The molecule has 14 heavy (non-hydrogen) atoms. The molecule has 7 heteroatoms. The van der Waals surface area contributed by atoms with E-state index in [9.17, 15) is 15.2 Å². The van der Waals surface area contributed by atoms with Crippen molar-refractivity contribution in [3.8, 4) is 0 Å². The highest BCUT2D eigenvalue weighted by molar-refractivity contribution is 5.07. The van der Waals surface area contributed by atoms with E-state index in [1.807, 2.05) is 0 Å². The smallest absolute Gasteiger partial charge is 0.390 e. The second-order valence-electron chi connectivity index (χ2n) is 3.08. The van der Waals surface area contributed by atoms with E-state index in [4.69, 9.17) is 4.74 Å². The highest BCUT2D eigenvalue weighted by atomic mass is 16.6. The SMILES string of the molecule is O=[N+]([O-])c1nccn1CC(O)C1CO1. The number of aliphatic hydroxyl groups excluding tert-OH is 1. The van der Waals surface area contributed by atoms with E-state index in [0.29, 0.717) is 6.61 Å². The molecule has 2 unspecified atom stereocenters. The minimum Gasteiger partial charge on any atom is -0.390 e. The Labute approximate surface area is 79.1 Å². The van der Waals surface area contributed by atoms with Crippen LogP contribution in [-0.2, 0) is 11.3 Å². The van der Waals surface area contributed by atoms with E-state index in [1.165, 1.54) is 17.0 Å². The molecule has 7 nitrogen and oxygen atoms in total. The first kappa shape index (κ1) is 9.10. The fraction of sp³-hybridized carbons (Fsp3) is 0.571. The van der Waals surface area contributed by atoms with Crippen molar-refractivity contribution in [3.05, 3.63) is 22.5 Å². The number of hydrogen-bond donors (Lipinski definition) is 1. The number of nitrogens with zero attached hydrogens (tertiary/aromatic N) is 3. The molecule has 0 radical (unpaired) electrons. The van der Waals surface area contributed by atoms with Gasteiger partial charge in [-0.3, -0.25) is 0 Å². The zero-order valence-corrected chi connectivity index (χ0v) is 7.24. The van der Waals surface area contributed by atoms with Gasteiger partial charge in [0, 0.05) is 0 Å². The van der Waals surface area contributed by atoms with Crippen LogP contribution in [-0.4, -0.2) is 38.4 Å². The molecule has 1 fully saturated rings. The lowest BCUT2D eigenvalue weighted by molar-refractivity contribution is -0.397. The first-order chi connectivity index (χ1) is 6.68. The van der Waals surface area contributed by atoms with E-state index in [2.05, 4.69) is 4.98 Å². The predicted octanol–water partition coefficient (Wildman–Crippen LogP) is -0.449. The standard InChI is InChI=1S/C7H9N3O4/c11-5(6-4-14-6)3-9-2-1-8-7(9)10(12)13/h1-2,5-6,11H,3-4H2. The Morgan fingerprint density at radius 2 is 2.64 bits per heavy atom. The third-order valence-electron chi connectivity index (χ3n) is 2.03. The number of rotatable bonds is 4. The molecule has 0 saturated carbocycles. The van der Waals surface area contributed by atoms with Crippen molar-refractivity contribution < 1.29 is 14.8 Å². The molecule has 1 N–H and O–H groups in total. The lowest BCUT2D eigenvalue weighted by atomic mass is 10.3. The number of nitro groups is 1. The molecule has 0 aliphatic carbocycles. The molecule has 0 bridgehead atoms. The molecule has 1 aliphatic heterocycles. The van der Waals surface area contributed by atoms with Gasteiger partial charge < -0.3 is 20.0 Å². The van der Waals surface area contributed by atoms with Gasteiger partial charge in [0.05, 0.1) is 6.61 Å². The Bertz CT molecular complexity index is 346. The monoisotopic (exact) mass is 199 g/mol. The van der Waals surface area contributed by atoms with Crippen molar-refractivity contribution in [3.63, 3.8) is 0 Å². The maximum absolute atomic E-state index is 10.5. The first-order valence-corrected chi connectivity index (χ1v) is 4.13. The van der Waals surface area contributed by atoms with Gasteiger partial charge >= 0.3 is 5.95 Å². The molecule has 2 atom stereocenters. The molecule has 0 aromatic carbocycles. The fourth-order valence-electron chi connectivity index (χ4n) is 1.21. The highest BCUT2D eigenvalue weighted by Gasteiger charge is 2.33. The highest BCUT2D eigenvalue weighted by Crippen LogP contribution is 2.17. The maximum atomic E-state index is 10.5. The number of imidazole rings is 1. The molecule has 2 rings (SSSR count). The molecule has 1 aliphatic rings. The third kappa shape index (κ3) is 1.73. The van der Waals surface area contributed by atoms with Crippen LogP contribution in [0.2, 0.25) is 0 Å². The summed E-state index contributed by atoms with van der Waals surface area (Å²) < 4.78 is 6.16. The van der Waals surface area contributed by atoms with Crippen LogP contribution in [0.4, 0.5) is 5.95 Å². The molecular weight excluding hydrogens is 190 g/mol. The van der Waals surface area contributed by atoms with Crippen molar-refractivity contribution in [2.24, 2.45) is 0 Å². The summed E-state index contributed by atoms with van der Waals surface area (Å²) in [5.74, 6) is -0.260. The van der Waals surface area contributed by atoms with Gasteiger partial charge in [-0.1, -0.05) is 4.98 Å². The Balaban J connectivity index is 2.07. The average Bonchev–Trinajstić information content (AvgIpc) is 2.87. The predicted molar refractivity (Wildman–Crippen MR) is 44.6 cm³/mol. The van der Waals surface area contributed by atoms with Crippen LogP contribution in [0.3, 0.4) is 0 Å². The number of epoxide rings is 1. The summed E-state index contributed by atoms with van der Waals surface area (Å²) in [6.07, 6.45) is 1.91. The molecule has 2 heterocycles. The molecule has 1 saturated heterocycles. The molecule has 1 aromatic rings. The summed E-state index contributed by atoms with van der Waals surface area (Å²) in [7, 11) is 0. The van der Waals surface area contributed by atoms with Crippen LogP contribution in [0.1, 0.15) is 0 Å². The van der Waals surface area contributed by atoms with Gasteiger partial charge in [0.1, 0.15) is 31.1 Å². The Hall–Kier alpha value is -1.47. The number of aliphatic hydroxyl groups is 1. The van der Waals surface area contributed by atoms with Gasteiger partial charge in [-0.2, -0.15) is 0 Å². The quantitative estimate of drug-likeness (QED) is 0.402. The van der Waals surface area contributed by atoms with Crippen LogP contribution in [0.25, 0.3) is 0 Å². The minimum absolute atomic E-state index is 0.140. The summed E-state index contributed by atoms with van der Waals surface area (Å²) in [4.78, 5) is 13.4. The Morgan fingerprint density at radius 3 is 3.21 bits per heavy atom. The molecule has 76 valence electrons. The zero-order valence-electron chi connectivity index (χ0n) is 7.24. The van der Waals surface area contributed by atoms with Crippen molar-refractivity contribution in [1.82, 2.24) is 9.55 Å². The van der Waals surface area contributed by atoms with Gasteiger partial charge in [0.15, 0.2) is 0 Å².